The SMILES string of the molecule is CC(C)C(=O)[C@H](C)OC(=O)[C@H](C)N[P@@](=O)(OC[C@H]1O[C@@H](N2C=CC(=O)CC2=O)[C@](C)(F)[C@@H]1O)Oc1ccccc1. The summed E-state index contributed by atoms with van der Waals surface area (Å²) in [6.07, 6.45) is -4.19. The lowest BCUT2D eigenvalue weighted by molar-refractivity contribution is -0.156. The molecule has 2 heterocycles. The summed E-state index contributed by atoms with van der Waals surface area (Å²) < 4.78 is 51.1. The number of carbonyl (C=O) groups excluding carboxylic acids is 4. The lowest BCUT2D eigenvalue weighted by Gasteiger charge is -2.32. The number of ether oxygens (including phenoxy) is 2. The molecule has 2 N–H and O–H groups in total. The molecule has 3 rings (SSSR count). The monoisotopic (exact) mass is 584 g/mol. The van der Waals surface area contributed by atoms with Gasteiger partial charge in [-0.1, -0.05) is 32.0 Å². The van der Waals surface area contributed by atoms with Gasteiger partial charge < -0.3 is 19.1 Å². The number of aliphatic hydroxyl groups excluding tert-OH is 1. The maximum absolute atomic E-state index is 15.6. The number of carbonyl (C=O) groups is 4. The molecule has 40 heavy (non-hydrogen) atoms. The van der Waals surface area contributed by atoms with Gasteiger partial charge in [-0.25, -0.2) is 8.96 Å². The summed E-state index contributed by atoms with van der Waals surface area (Å²) in [6.45, 7) is 6.41. The predicted molar refractivity (Wildman–Crippen MR) is 138 cm³/mol. The third-order valence-electron chi connectivity index (χ3n) is 6.35. The van der Waals surface area contributed by atoms with Gasteiger partial charge >= 0.3 is 13.7 Å². The average Bonchev–Trinajstić information content (AvgIpc) is 3.10. The van der Waals surface area contributed by atoms with Gasteiger partial charge in [-0.15, -0.1) is 0 Å². The van der Waals surface area contributed by atoms with Gasteiger partial charge in [-0.2, -0.15) is 5.09 Å². The van der Waals surface area contributed by atoms with Crippen molar-refractivity contribution in [2.45, 2.75) is 77.3 Å². The molecule has 1 amide bonds. The Hall–Kier alpha value is -2.96. The van der Waals surface area contributed by atoms with Gasteiger partial charge in [0.2, 0.25) is 5.91 Å². The molecule has 7 atom stereocenters. The van der Waals surface area contributed by atoms with Crippen molar-refractivity contribution in [1.29, 1.82) is 0 Å². The van der Waals surface area contributed by atoms with Crippen LogP contribution in [0.4, 0.5) is 4.39 Å². The Labute approximate surface area is 231 Å². The fourth-order valence-corrected chi connectivity index (χ4v) is 5.58. The van der Waals surface area contributed by atoms with Gasteiger partial charge in [0, 0.05) is 12.1 Å². The molecule has 2 aliphatic heterocycles. The van der Waals surface area contributed by atoms with E-state index >= 15 is 4.39 Å². The lowest BCUT2D eigenvalue weighted by atomic mass is 9.97. The van der Waals surface area contributed by atoms with E-state index in [1.807, 2.05) is 0 Å². The maximum atomic E-state index is 15.6. The molecular formula is C26H34FN2O10P. The van der Waals surface area contributed by atoms with Gasteiger partial charge in [0.1, 0.15) is 24.0 Å². The number of nitrogens with zero attached hydrogens (tertiary/aromatic N) is 1. The normalized spacial score (nSPS) is 27.8. The number of esters is 1. The van der Waals surface area contributed by atoms with Gasteiger partial charge in [-0.3, -0.25) is 28.6 Å². The van der Waals surface area contributed by atoms with E-state index in [9.17, 15) is 28.8 Å². The van der Waals surface area contributed by atoms with Crippen molar-refractivity contribution in [2.75, 3.05) is 6.61 Å². The molecule has 0 radical (unpaired) electrons. The standard InChI is InChI=1S/C26H34FN2O10P/c1-15(2)22(32)17(4)37-24(34)16(3)28-40(35,39-19-9-7-6-8-10-19)36-14-20-23(33)26(5,27)25(38-20)29-12-11-18(30)13-21(29)31/h6-12,15-17,20,23,25,33H,13-14H2,1-5H3,(H,28,35)/t16-,17-,20+,23+,25+,26+,40+/m0/s1. The van der Waals surface area contributed by atoms with Crippen LogP contribution < -0.4 is 9.61 Å². The third-order valence-corrected chi connectivity index (χ3v) is 7.99. The van der Waals surface area contributed by atoms with Crippen LogP contribution in [0.5, 0.6) is 5.75 Å². The summed E-state index contributed by atoms with van der Waals surface area (Å²) in [5.74, 6) is -2.64. The number of para-hydroxylation sites is 1. The zero-order valence-electron chi connectivity index (χ0n) is 22.8. The zero-order chi connectivity index (χ0) is 29.8. The van der Waals surface area contributed by atoms with E-state index in [1.165, 1.54) is 26.0 Å². The number of aliphatic hydroxyl groups is 1. The van der Waals surface area contributed by atoms with Crippen molar-refractivity contribution in [1.82, 2.24) is 9.99 Å². The third kappa shape index (κ3) is 7.41. The molecule has 14 heteroatoms. The summed E-state index contributed by atoms with van der Waals surface area (Å²) >= 11 is 0. The van der Waals surface area contributed by atoms with Gasteiger partial charge in [-0.05, 0) is 39.0 Å². The Morgan fingerprint density at radius 3 is 2.48 bits per heavy atom. The van der Waals surface area contributed by atoms with Crippen LogP contribution in [-0.4, -0.2) is 76.3 Å². The van der Waals surface area contributed by atoms with E-state index in [4.69, 9.17) is 18.5 Å². The largest absolute Gasteiger partial charge is 0.459 e. The van der Waals surface area contributed by atoms with E-state index < -0.39 is 74.7 Å². The molecule has 0 unspecified atom stereocenters. The minimum atomic E-state index is -4.42. The Balaban J connectivity index is 1.75. The van der Waals surface area contributed by atoms with Crippen molar-refractivity contribution < 1.29 is 51.8 Å². The Morgan fingerprint density at radius 1 is 1.23 bits per heavy atom. The molecule has 220 valence electrons. The predicted octanol–water partition coefficient (Wildman–Crippen LogP) is 2.45. The molecule has 2 aliphatic rings. The second kappa shape index (κ2) is 12.7. The lowest BCUT2D eigenvalue weighted by Crippen LogP contribution is -2.51. The van der Waals surface area contributed by atoms with E-state index in [2.05, 4.69) is 5.09 Å². The van der Waals surface area contributed by atoms with Gasteiger partial charge in [0.05, 0.1) is 13.0 Å². The summed E-state index contributed by atoms with van der Waals surface area (Å²) in [7, 11) is -4.42. The second-order valence-corrected chi connectivity index (χ2v) is 11.8. The van der Waals surface area contributed by atoms with Crippen molar-refractivity contribution in [2.24, 2.45) is 5.92 Å². The van der Waals surface area contributed by atoms with E-state index in [0.717, 1.165) is 24.1 Å². The average molecular weight is 585 g/mol. The van der Waals surface area contributed by atoms with Crippen LogP contribution in [-0.2, 0) is 37.7 Å². The van der Waals surface area contributed by atoms with E-state index in [1.54, 1.807) is 32.0 Å². The quantitative estimate of drug-likeness (QED) is 0.211. The molecule has 0 aromatic heterocycles. The number of amides is 1. The van der Waals surface area contributed by atoms with Crippen LogP contribution in [0, 0.1) is 5.92 Å². The highest BCUT2D eigenvalue weighted by Crippen LogP contribution is 2.46. The van der Waals surface area contributed by atoms with Crippen LogP contribution >= 0.6 is 7.75 Å². The topological polar surface area (TPSA) is 158 Å². The zero-order valence-corrected chi connectivity index (χ0v) is 23.7. The maximum Gasteiger partial charge on any atom is 0.459 e. The highest BCUT2D eigenvalue weighted by atomic mass is 31.2. The number of allylic oxidation sites excluding steroid dienone is 1. The number of rotatable bonds is 12. The molecule has 0 aliphatic carbocycles. The molecule has 1 fully saturated rings. The molecule has 0 saturated carbocycles. The number of nitrogens with one attached hydrogen (secondary N) is 1. The second-order valence-electron chi connectivity index (χ2n) is 10.1. The first kappa shape index (κ1) is 31.6. The first-order valence-corrected chi connectivity index (χ1v) is 14.2. The molecule has 12 nitrogen and oxygen atoms in total. The molecule has 0 spiro atoms. The Morgan fingerprint density at radius 2 is 1.88 bits per heavy atom. The van der Waals surface area contributed by atoms with Crippen LogP contribution in [0.1, 0.15) is 41.0 Å². The number of benzene rings is 1. The van der Waals surface area contributed by atoms with Crippen molar-refractivity contribution in [3.63, 3.8) is 0 Å². The summed E-state index contributed by atoms with van der Waals surface area (Å²) in [5, 5.41) is 13.1. The number of halogens is 1. The number of hydrogen-bond donors (Lipinski definition) is 2. The van der Waals surface area contributed by atoms with E-state index in [-0.39, 0.29) is 17.5 Å². The van der Waals surface area contributed by atoms with Crippen LogP contribution in [0.25, 0.3) is 0 Å². The smallest absolute Gasteiger partial charge is 0.453 e. The minimum Gasteiger partial charge on any atom is -0.453 e. The molecule has 1 aromatic carbocycles. The molecule has 0 bridgehead atoms. The number of alkyl halides is 1. The first-order valence-electron chi connectivity index (χ1n) is 12.7. The summed E-state index contributed by atoms with van der Waals surface area (Å²) in [5.41, 5.74) is -2.48. The number of Topliss-reactive ketones (excluding diaryl/α,β-unsaturated/α-hetero) is 1. The van der Waals surface area contributed by atoms with Crippen LogP contribution in [0.15, 0.2) is 42.6 Å². The fourth-order valence-electron chi connectivity index (χ4n) is 4.08. The Bertz CT molecular complexity index is 1190. The highest BCUT2D eigenvalue weighted by molar-refractivity contribution is 7.52. The summed E-state index contributed by atoms with van der Waals surface area (Å²) in [6, 6.07) is 6.58. The van der Waals surface area contributed by atoms with Gasteiger partial charge in [0.25, 0.3) is 0 Å². The van der Waals surface area contributed by atoms with Crippen molar-refractivity contribution >= 4 is 31.2 Å². The molecule has 1 aromatic rings. The van der Waals surface area contributed by atoms with Crippen LogP contribution in [0.3, 0.4) is 0 Å². The van der Waals surface area contributed by atoms with Crippen LogP contribution in [0.2, 0.25) is 0 Å². The molecular weight excluding hydrogens is 550 g/mol. The number of ketones is 2. The Kier molecular flexibility index (Phi) is 10.0. The summed E-state index contributed by atoms with van der Waals surface area (Å²) in [4.78, 5) is 49.4. The highest BCUT2D eigenvalue weighted by Gasteiger charge is 2.57. The first-order chi connectivity index (χ1) is 18.6. The fraction of sp³-hybridized carbons (Fsp3) is 0.538. The molecule has 1 saturated heterocycles. The van der Waals surface area contributed by atoms with Crippen molar-refractivity contribution in [3.05, 3.63) is 42.6 Å². The number of hydrogen-bond acceptors (Lipinski definition) is 10. The minimum absolute atomic E-state index is 0.108. The van der Waals surface area contributed by atoms with Crippen molar-refractivity contribution in [3.8, 4) is 5.75 Å². The van der Waals surface area contributed by atoms with E-state index in [0.29, 0.717) is 0 Å². The van der Waals surface area contributed by atoms with Gasteiger partial charge in [0.15, 0.2) is 29.6 Å².